The fourth-order valence-corrected chi connectivity index (χ4v) is 5.93. The molecule has 1 aromatic heterocycles. The molecule has 2 atom stereocenters. The molecule has 1 N–H and O–H groups in total. The van der Waals surface area contributed by atoms with Gasteiger partial charge in [-0.25, -0.2) is 0 Å². The summed E-state index contributed by atoms with van der Waals surface area (Å²) in [5.74, 6) is -0.118. The maximum absolute atomic E-state index is 13.8. The third-order valence-electron chi connectivity index (χ3n) is 6.76. The fraction of sp³-hybridized carbons (Fsp3) is 0.400. The van der Waals surface area contributed by atoms with Gasteiger partial charge in [-0.1, -0.05) is 75.4 Å². The fourth-order valence-electron chi connectivity index (χ4n) is 5.06. The number of hydrogen-bond acceptors (Lipinski definition) is 4. The second-order valence-electron chi connectivity index (χ2n) is 9.88. The summed E-state index contributed by atoms with van der Waals surface area (Å²) in [5, 5.41) is 5.24. The quantitative estimate of drug-likeness (QED) is 0.341. The van der Waals surface area contributed by atoms with E-state index in [4.69, 9.17) is 0 Å². The number of thiophene rings is 1. The summed E-state index contributed by atoms with van der Waals surface area (Å²) in [6, 6.07) is 21.9. The van der Waals surface area contributed by atoms with Crippen LogP contribution in [0.2, 0.25) is 0 Å². The van der Waals surface area contributed by atoms with E-state index in [1.165, 1.54) is 5.56 Å². The second kappa shape index (κ2) is 12.3. The molecule has 1 aliphatic heterocycles. The summed E-state index contributed by atoms with van der Waals surface area (Å²) in [5.41, 5.74) is 2.78. The summed E-state index contributed by atoms with van der Waals surface area (Å²) in [4.78, 5) is 32.7. The molecule has 3 aromatic rings. The molecule has 0 bridgehead atoms. The highest BCUT2D eigenvalue weighted by Crippen LogP contribution is 2.44. The van der Waals surface area contributed by atoms with E-state index >= 15 is 0 Å². The lowest BCUT2D eigenvalue weighted by Gasteiger charge is -2.42. The summed E-state index contributed by atoms with van der Waals surface area (Å²) < 4.78 is 0. The minimum absolute atomic E-state index is 0.00628. The van der Waals surface area contributed by atoms with Crippen molar-refractivity contribution in [1.82, 2.24) is 15.1 Å². The van der Waals surface area contributed by atoms with Crippen molar-refractivity contribution >= 4 is 23.2 Å². The van der Waals surface area contributed by atoms with Gasteiger partial charge in [0.25, 0.3) is 5.91 Å². The number of carbonyl (C=O) groups is 2. The Kier molecular flexibility index (Phi) is 8.94. The number of fused-ring (bicyclic) bond motifs is 1. The average Bonchev–Trinajstić information content (AvgIpc) is 3.42. The molecule has 2 amide bonds. The van der Waals surface area contributed by atoms with Crippen molar-refractivity contribution in [3.8, 4) is 0 Å². The van der Waals surface area contributed by atoms with Crippen LogP contribution in [0.5, 0.6) is 0 Å². The SMILES string of the molecule is CCN(CCCNC(=O)[C@H]1c2ccccc2C(=O)N(CC(C)C)[C@@H]1c1cccs1)Cc1ccccc1. The molecule has 0 spiro atoms. The van der Waals surface area contributed by atoms with Gasteiger partial charge in [0.2, 0.25) is 5.91 Å². The second-order valence-corrected chi connectivity index (χ2v) is 10.9. The van der Waals surface area contributed by atoms with Crippen LogP contribution in [0, 0.1) is 5.92 Å². The maximum atomic E-state index is 13.8. The minimum Gasteiger partial charge on any atom is -0.355 e. The van der Waals surface area contributed by atoms with Crippen LogP contribution in [0.25, 0.3) is 0 Å². The average molecular weight is 504 g/mol. The Labute approximate surface area is 219 Å². The van der Waals surface area contributed by atoms with Crippen LogP contribution in [0.3, 0.4) is 0 Å². The molecule has 0 fully saturated rings. The number of amides is 2. The van der Waals surface area contributed by atoms with Gasteiger partial charge < -0.3 is 10.2 Å². The van der Waals surface area contributed by atoms with E-state index in [9.17, 15) is 9.59 Å². The Morgan fingerprint density at radius 3 is 2.50 bits per heavy atom. The number of nitrogens with one attached hydrogen (secondary N) is 1. The number of nitrogens with zero attached hydrogens (tertiary/aromatic N) is 2. The molecule has 4 rings (SSSR count). The largest absolute Gasteiger partial charge is 0.355 e. The molecule has 2 aromatic carbocycles. The Balaban J connectivity index is 1.49. The third kappa shape index (κ3) is 6.05. The van der Waals surface area contributed by atoms with Crippen molar-refractivity contribution in [3.63, 3.8) is 0 Å². The first-order valence-electron chi connectivity index (χ1n) is 13.0. The van der Waals surface area contributed by atoms with Gasteiger partial charge in [0.05, 0.1) is 12.0 Å². The van der Waals surface area contributed by atoms with Crippen molar-refractivity contribution in [3.05, 3.63) is 93.7 Å². The van der Waals surface area contributed by atoms with Crippen LogP contribution in [-0.2, 0) is 11.3 Å². The Bertz CT molecular complexity index is 1130. The van der Waals surface area contributed by atoms with E-state index in [0.717, 1.165) is 36.5 Å². The van der Waals surface area contributed by atoms with Gasteiger partial charge >= 0.3 is 0 Å². The molecule has 36 heavy (non-hydrogen) atoms. The molecule has 1 aliphatic rings. The molecule has 2 heterocycles. The molecule has 0 unspecified atom stereocenters. The van der Waals surface area contributed by atoms with Gasteiger partial charge in [0.15, 0.2) is 0 Å². The summed E-state index contributed by atoms with van der Waals surface area (Å²) in [6.45, 7) is 10.4. The zero-order valence-corrected chi connectivity index (χ0v) is 22.3. The van der Waals surface area contributed by atoms with Gasteiger partial charge in [-0.3, -0.25) is 14.5 Å². The predicted octanol–water partition coefficient (Wildman–Crippen LogP) is 5.71. The first kappa shape index (κ1) is 26.1. The highest BCUT2D eigenvalue weighted by atomic mass is 32.1. The van der Waals surface area contributed by atoms with Crippen molar-refractivity contribution in [2.24, 2.45) is 5.92 Å². The molecule has 5 nitrogen and oxygen atoms in total. The van der Waals surface area contributed by atoms with E-state index in [1.54, 1.807) is 11.3 Å². The van der Waals surface area contributed by atoms with Crippen molar-refractivity contribution < 1.29 is 9.59 Å². The monoisotopic (exact) mass is 503 g/mol. The number of carbonyl (C=O) groups excluding carboxylic acids is 2. The van der Waals surface area contributed by atoms with E-state index in [1.807, 2.05) is 52.7 Å². The topological polar surface area (TPSA) is 52.7 Å². The molecule has 0 saturated carbocycles. The van der Waals surface area contributed by atoms with Gasteiger partial charge in [-0.05, 0) is 47.5 Å². The van der Waals surface area contributed by atoms with Crippen LogP contribution < -0.4 is 5.32 Å². The lowest BCUT2D eigenvalue weighted by Crippen LogP contribution is -2.48. The lowest BCUT2D eigenvalue weighted by atomic mass is 9.81. The first-order valence-corrected chi connectivity index (χ1v) is 13.8. The molecule has 0 aliphatic carbocycles. The van der Waals surface area contributed by atoms with Crippen molar-refractivity contribution in [2.45, 2.75) is 45.7 Å². The van der Waals surface area contributed by atoms with E-state index < -0.39 is 5.92 Å². The summed E-state index contributed by atoms with van der Waals surface area (Å²) >= 11 is 1.61. The molecule has 190 valence electrons. The van der Waals surface area contributed by atoms with Crippen LogP contribution in [0.1, 0.15) is 65.5 Å². The first-order chi connectivity index (χ1) is 17.5. The van der Waals surface area contributed by atoms with E-state index in [0.29, 0.717) is 24.6 Å². The highest BCUT2D eigenvalue weighted by Gasteiger charge is 2.44. The minimum atomic E-state index is -0.428. The van der Waals surface area contributed by atoms with Crippen LogP contribution in [0.4, 0.5) is 0 Å². The maximum Gasteiger partial charge on any atom is 0.254 e. The molecule has 6 heteroatoms. The molecular formula is C30H37N3O2S. The Hall–Kier alpha value is -2.96. The smallest absolute Gasteiger partial charge is 0.254 e. The summed E-state index contributed by atoms with van der Waals surface area (Å²) in [7, 11) is 0. The normalized spacial score (nSPS) is 17.5. The van der Waals surface area contributed by atoms with Crippen LogP contribution in [0.15, 0.2) is 72.1 Å². The van der Waals surface area contributed by atoms with Gasteiger partial charge in [-0.15, -0.1) is 11.3 Å². The third-order valence-corrected chi connectivity index (χ3v) is 7.71. The predicted molar refractivity (Wildman–Crippen MR) is 147 cm³/mol. The molecular weight excluding hydrogens is 466 g/mol. The van der Waals surface area contributed by atoms with Crippen LogP contribution >= 0.6 is 11.3 Å². The van der Waals surface area contributed by atoms with Gasteiger partial charge in [0.1, 0.15) is 0 Å². The number of rotatable bonds is 11. The van der Waals surface area contributed by atoms with E-state index in [2.05, 4.69) is 55.3 Å². The van der Waals surface area contributed by atoms with Gasteiger partial charge in [0, 0.05) is 36.6 Å². The van der Waals surface area contributed by atoms with Gasteiger partial charge in [-0.2, -0.15) is 0 Å². The number of hydrogen-bond donors (Lipinski definition) is 1. The van der Waals surface area contributed by atoms with Crippen LogP contribution in [-0.4, -0.2) is 47.8 Å². The van der Waals surface area contributed by atoms with E-state index in [-0.39, 0.29) is 17.9 Å². The molecule has 0 saturated heterocycles. The zero-order chi connectivity index (χ0) is 25.5. The Morgan fingerprint density at radius 1 is 1.06 bits per heavy atom. The van der Waals surface area contributed by atoms with Crippen molar-refractivity contribution in [2.75, 3.05) is 26.2 Å². The highest BCUT2D eigenvalue weighted by molar-refractivity contribution is 7.10. The Morgan fingerprint density at radius 2 is 1.81 bits per heavy atom. The molecule has 0 radical (unpaired) electrons. The lowest BCUT2D eigenvalue weighted by molar-refractivity contribution is -0.124. The zero-order valence-electron chi connectivity index (χ0n) is 21.5. The van der Waals surface area contributed by atoms with Crippen molar-refractivity contribution in [1.29, 1.82) is 0 Å². The number of benzene rings is 2. The summed E-state index contributed by atoms with van der Waals surface area (Å²) in [6.07, 6.45) is 0.874. The standard InChI is InChI=1S/C30H37N3O2S/c1-4-32(21-23-12-6-5-7-13-23)18-11-17-31-29(34)27-24-14-8-9-15-25(24)30(35)33(20-22(2)3)28(27)26-16-10-19-36-26/h5-10,12-16,19,22,27-28H,4,11,17-18,20-21H2,1-3H3,(H,31,34)/t27-,28+/m0/s1.